The number of benzene rings is 1. The van der Waals surface area contributed by atoms with Gasteiger partial charge in [0.05, 0.1) is 6.61 Å². The zero-order valence-electron chi connectivity index (χ0n) is 9.82. The number of hydrogen-bond donors (Lipinski definition) is 1. The lowest BCUT2D eigenvalue weighted by Crippen LogP contribution is -2.35. The van der Waals surface area contributed by atoms with Crippen molar-refractivity contribution in [3.8, 4) is 0 Å². The molecule has 2 rings (SSSR count). The molecule has 17 heavy (non-hydrogen) atoms. The summed E-state index contributed by atoms with van der Waals surface area (Å²) in [5.74, 6) is -0.0389. The molecule has 1 aromatic carbocycles. The molecular formula is C13H16ClNO2. The summed E-state index contributed by atoms with van der Waals surface area (Å²) in [5, 5.41) is 8.66. The van der Waals surface area contributed by atoms with Gasteiger partial charge in [-0.25, -0.2) is 0 Å². The highest BCUT2D eigenvalue weighted by Gasteiger charge is 2.28. The molecule has 0 aliphatic carbocycles. The van der Waals surface area contributed by atoms with Crippen LogP contribution in [0.25, 0.3) is 0 Å². The lowest BCUT2D eigenvalue weighted by atomic mass is 10.1. The highest BCUT2D eigenvalue weighted by molar-refractivity contribution is 6.32. The summed E-state index contributed by atoms with van der Waals surface area (Å²) in [4.78, 5) is 13.8. The van der Waals surface area contributed by atoms with Crippen molar-refractivity contribution in [2.45, 2.75) is 31.7 Å². The van der Waals surface area contributed by atoms with E-state index in [0.29, 0.717) is 13.0 Å². The van der Waals surface area contributed by atoms with Gasteiger partial charge in [0.1, 0.15) is 5.38 Å². The summed E-state index contributed by atoms with van der Waals surface area (Å²) in [6.07, 6.45) is 1.49. The highest BCUT2D eigenvalue weighted by Crippen LogP contribution is 2.30. The van der Waals surface area contributed by atoms with Crippen molar-refractivity contribution >= 4 is 23.2 Å². The smallest absolute Gasteiger partial charge is 0.245 e. The van der Waals surface area contributed by atoms with Gasteiger partial charge in [0, 0.05) is 12.2 Å². The zero-order valence-corrected chi connectivity index (χ0v) is 10.6. The largest absolute Gasteiger partial charge is 0.392 e. The molecule has 0 saturated carbocycles. The third-order valence-corrected chi connectivity index (χ3v) is 3.62. The molecule has 1 aliphatic rings. The van der Waals surface area contributed by atoms with Gasteiger partial charge in [0.15, 0.2) is 0 Å². The molecule has 0 bridgehead atoms. The number of anilines is 1. The van der Waals surface area contributed by atoms with Crippen LogP contribution in [0.2, 0.25) is 0 Å². The molecule has 1 N–H and O–H groups in total. The second-order valence-corrected chi connectivity index (χ2v) is 4.76. The lowest BCUT2D eigenvalue weighted by Gasteiger charge is -2.20. The number of aliphatic hydroxyl groups excluding tert-OH is 1. The average molecular weight is 254 g/mol. The van der Waals surface area contributed by atoms with Crippen molar-refractivity contribution < 1.29 is 9.90 Å². The Balaban J connectivity index is 2.29. The molecule has 1 heterocycles. The number of nitrogens with zero attached hydrogens (tertiary/aromatic N) is 1. The fourth-order valence-corrected chi connectivity index (χ4v) is 2.21. The van der Waals surface area contributed by atoms with E-state index in [4.69, 9.17) is 16.7 Å². The average Bonchev–Trinajstić information content (AvgIpc) is 2.79. The van der Waals surface area contributed by atoms with Crippen molar-refractivity contribution in [2.75, 3.05) is 11.4 Å². The van der Waals surface area contributed by atoms with E-state index in [1.165, 1.54) is 0 Å². The molecule has 1 aliphatic heterocycles. The van der Waals surface area contributed by atoms with Crippen LogP contribution in [0.5, 0.6) is 0 Å². The molecule has 92 valence electrons. The molecule has 0 fully saturated rings. The fraction of sp³-hybridized carbons (Fsp3) is 0.462. The van der Waals surface area contributed by atoms with E-state index in [-0.39, 0.29) is 12.5 Å². The normalized spacial score (nSPS) is 15.8. The van der Waals surface area contributed by atoms with Crippen molar-refractivity contribution in [3.05, 3.63) is 29.3 Å². The zero-order chi connectivity index (χ0) is 12.4. The van der Waals surface area contributed by atoms with Gasteiger partial charge < -0.3 is 10.0 Å². The number of rotatable bonds is 3. The van der Waals surface area contributed by atoms with E-state index in [0.717, 1.165) is 23.2 Å². The maximum absolute atomic E-state index is 12.1. The molecule has 0 saturated heterocycles. The first kappa shape index (κ1) is 12.4. The maximum atomic E-state index is 12.1. The molecule has 0 unspecified atom stereocenters. The Morgan fingerprint density at radius 1 is 1.59 bits per heavy atom. The number of amides is 1. The van der Waals surface area contributed by atoms with Gasteiger partial charge in [0.25, 0.3) is 0 Å². The predicted molar refractivity (Wildman–Crippen MR) is 68.4 cm³/mol. The molecule has 3 nitrogen and oxygen atoms in total. The van der Waals surface area contributed by atoms with E-state index >= 15 is 0 Å². The summed E-state index contributed by atoms with van der Waals surface area (Å²) in [7, 11) is 0. The van der Waals surface area contributed by atoms with Crippen molar-refractivity contribution in [1.82, 2.24) is 0 Å². The van der Waals surface area contributed by atoms with E-state index in [1.54, 1.807) is 4.90 Å². The summed E-state index contributed by atoms with van der Waals surface area (Å²) < 4.78 is 0. The highest BCUT2D eigenvalue weighted by atomic mass is 35.5. The molecule has 0 aromatic heterocycles. The molecular weight excluding hydrogens is 238 g/mol. The summed E-state index contributed by atoms with van der Waals surface area (Å²) in [5.41, 5.74) is 2.88. The maximum Gasteiger partial charge on any atom is 0.245 e. The summed E-state index contributed by atoms with van der Waals surface area (Å²) >= 11 is 6.00. The molecule has 1 amide bonds. The second kappa shape index (κ2) is 5.07. The van der Waals surface area contributed by atoms with Gasteiger partial charge in [-0.3, -0.25) is 4.79 Å². The number of fused-ring (bicyclic) bond motifs is 1. The SMILES string of the molecule is CC[C@H](Cl)C(=O)N1CCc2ccc(CO)cc21. The van der Waals surface area contributed by atoms with E-state index in [2.05, 4.69) is 0 Å². The van der Waals surface area contributed by atoms with E-state index < -0.39 is 5.38 Å². The van der Waals surface area contributed by atoms with Crippen LogP contribution in [0.1, 0.15) is 24.5 Å². The third-order valence-electron chi connectivity index (χ3n) is 3.12. The minimum atomic E-state index is -0.460. The first-order chi connectivity index (χ1) is 8.17. The Morgan fingerprint density at radius 3 is 3.00 bits per heavy atom. The number of alkyl halides is 1. The lowest BCUT2D eigenvalue weighted by molar-refractivity contribution is -0.118. The molecule has 0 spiro atoms. The number of aliphatic hydroxyl groups is 1. The Kier molecular flexibility index (Phi) is 3.69. The Labute approximate surface area is 106 Å². The van der Waals surface area contributed by atoms with Crippen LogP contribution < -0.4 is 4.90 Å². The van der Waals surface area contributed by atoms with Crippen molar-refractivity contribution in [3.63, 3.8) is 0 Å². The predicted octanol–water partition coefficient (Wildman–Crippen LogP) is 2.09. The minimum absolute atomic E-state index is 0.00656. The molecule has 1 atom stereocenters. The number of hydrogen-bond acceptors (Lipinski definition) is 2. The van der Waals surface area contributed by atoms with Gasteiger partial charge in [-0.15, -0.1) is 11.6 Å². The van der Waals surface area contributed by atoms with Crippen LogP contribution in [0.3, 0.4) is 0 Å². The number of halogens is 1. The van der Waals surface area contributed by atoms with E-state index in [1.807, 2.05) is 25.1 Å². The Morgan fingerprint density at radius 2 is 2.35 bits per heavy atom. The summed E-state index contributed by atoms with van der Waals surface area (Å²) in [6, 6.07) is 5.74. The van der Waals surface area contributed by atoms with Crippen LogP contribution in [0.4, 0.5) is 5.69 Å². The minimum Gasteiger partial charge on any atom is -0.392 e. The first-order valence-corrected chi connectivity index (χ1v) is 6.29. The standard InChI is InChI=1S/C13H16ClNO2/c1-2-11(14)13(17)15-6-5-10-4-3-9(8-16)7-12(10)15/h3-4,7,11,16H,2,5-6,8H2,1H3/t11-/m0/s1. The Hall–Kier alpha value is -1.06. The van der Waals surface area contributed by atoms with E-state index in [9.17, 15) is 4.79 Å². The van der Waals surface area contributed by atoms with Gasteiger partial charge in [-0.05, 0) is 30.0 Å². The quantitative estimate of drug-likeness (QED) is 0.838. The third kappa shape index (κ3) is 2.31. The fourth-order valence-electron chi connectivity index (χ4n) is 2.10. The molecule has 4 heteroatoms. The van der Waals surface area contributed by atoms with Crippen LogP contribution in [0.15, 0.2) is 18.2 Å². The van der Waals surface area contributed by atoms with Gasteiger partial charge in [-0.1, -0.05) is 19.1 Å². The number of carbonyl (C=O) groups is 1. The van der Waals surface area contributed by atoms with Crippen LogP contribution in [0, 0.1) is 0 Å². The summed E-state index contributed by atoms with van der Waals surface area (Å²) in [6.45, 7) is 2.58. The van der Waals surface area contributed by atoms with Crippen molar-refractivity contribution in [1.29, 1.82) is 0 Å². The molecule has 1 aromatic rings. The van der Waals surface area contributed by atoms with Crippen LogP contribution in [-0.4, -0.2) is 22.9 Å². The van der Waals surface area contributed by atoms with Crippen molar-refractivity contribution in [2.24, 2.45) is 0 Å². The van der Waals surface area contributed by atoms with Gasteiger partial charge in [-0.2, -0.15) is 0 Å². The second-order valence-electron chi connectivity index (χ2n) is 4.24. The van der Waals surface area contributed by atoms with Gasteiger partial charge in [0.2, 0.25) is 5.91 Å². The first-order valence-electron chi connectivity index (χ1n) is 5.85. The number of carbonyl (C=O) groups excluding carboxylic acids is 1. The molecule has 0 radical (unpaired) electrons. The topological polar surface area (TPSA) is 40.5 Å². The van der Waals surface area contributed by atoms with Gasteiger partial charge >= 0.3 is 0 Å². The monoisotopic (exact) mass is 253 g/mol. The van der Waals surface area contributed by atoms with Crippen LogP contribution in [-0.2, 0) is 17.8 Å². The van der Waals surface area contributed by atoms with Crippen LogP contribution >= 0.6 is 11.6 Å². The Bertz CT molecular complexity index is 433.